The van der Waals surface area contributed by atoms with E-state index < -0.39 is 65.9 Å². The highest BCUT2D eigenvalue weighted by molar-refractivity contribution is 7.66. The quantitative estimate of drug-likeness (QED) is 0.0894. The molecule has 1 aromatic heterocycles. The first kappa shape index (κ1) is 32.5. The van der Waals surface area contributed by atoms with Crippen LogP contribution in [0.15, 0.2) is 21.9 Å². The number of ether oxygens (including phenoxy) is 1. The van der Waals surface area contributed by atoms with Crippen molar-refractivity contribution in [2.24, 2.45) is 0 Å². The van der Waals surface area contributed by atoms with E-state index in [1.807, 2.05) is 0 Å². The molecule has 0 aliphatic carbocycles. The zero-order valence-corrected chi connectivity index (χ0v) is 22.4. The molecule has 0 saturated carbocycles. The maximum absolute atomic E-state index is 12.4. The predicted octanol–water partition coefficient (Wildman–Crippen LogP) is 0.0960. The fourth-order valence-electron chi connectivity index (χ4n) is 3.32. The zero-order valence-electron chi connectivity index (χ0n) is 19.7. The van der Waals surface area contributed by atoms with E-state index in [2.05, 4.69) is 24.0 Å². The number of hydrogen-bond donors (Lipinski definition) is 7. The largest absolute Gasteiger partial charge is 0.490 e. The van der Waals surface area contributed by atoms with Crippen molar-refractivity contribution in [1.82, 2.24) is 9.55 Å². The number of H-pyrrole nitrogens is 1. The molecule has 1 aliphatic rings. The predicted molar refractivity (Wildman–Crippen MR) is 128 cm³/mol. The maximum atomic E-state index is 12.4. The van der Waals surface area contributed by atoms with E-state index >= 15 is 0 Å². The van der Waals surface area contributed by atoms with E-state index in [1.54, 1.807) is 13.0 Å². The Morgan fingerprint density at radius 2 is 1.79 bits per heavy atom. The van der Waals surface area contributed by atoms with E-state index in [4.69, 9.17) is 20.9 Å². The molecule has 1 fully saturated rings. The Kier molecular flexibility index (Phi) is 11.2. The van der Waals surface area contributed by atoms with E-state index in [9.17, 15) is 43.3 Å². The summed E-state index contributed by atoms with van der Waals surface area (Å²) in [6.45, 7) is 0.548. The van der Waals surface area contributed by atoms with Crippen molar-refractivity contribution >= 4 is 29.0 Å². The second kappa shape index (κ2) is 13.1. The third kappa shape index (κ3) is 9.48. The molecule has 0 amide bonds. The molecular formula is C18H27N2O15P3. The third-order valence-corrected chi connectivity index (χ3v) is 8.85. The maximum Gasteiger partial charge on any atom is 0.490 e. The lowest BCUT2D eigenvalue weighted by Gasteiger charge is -2.19. The van der Waals surface area contributed by atoms with Gasteiger partial charge < -0.3 is 34.5 Å². The van der Waals surface area contributed by atoms with E-state index in [-0.39, 0.29) is 5.56 Å². The molecule has 6 atom stereocenters. The number of terminal acetylenes is 1. The topological polar surface area (TPSA) is 264 Å². The number of phosphoric acid groups is 3. The summed E-state index contributed by atoms with van der Waals surface area (Å²) in [6.07, 6.45) is 3.91. The second-order valence-corrected chi connectivity index (χ2v) is 12.4. The average Bonchev–Trinajstić information content (AvgIpc) is 3.03. The van der Waals surface area contributed by atoms with Crippen LogP contribution in [-0.4, -0.2) is 64.3 Å². The molecule has 0 spiro atoms. The molecule has 20 heteroatoms. The molecule has 2 heterocycles. The van der Waals surface area contributed by atoms with Gasteiger partial charge in [-0.25, -0.2) is 18.5 Å². The van der Waals surface area contributed by atoms with Crippen LogP contribution >= 0.6 is 23.5 Å². The molecule has 2 rings (SSSR count). The van der Waals surface area contributed by atoms with Crippen molar-refractivity contribution in [2.75, 3.05) is 6.61 Å². The number of aromatic nitrogens is 2. The highest BCUT2D eigenvalue weighted by Gasteiger charge is 2.46. The number of nitrogens with zero attached hydrogens (tertiary/aromatic N) is 1. The number of allylic oxidation sites excluding steroid dienone is 2. The zero-order chi connectivity index (χ0) is 28.9. The summed E-state index contributed by atoms with van der Waals surface area (Å²) in [5, 5.41) is 20.7. The van der Waals surface area contributed by atoms with Crippen LogP contribution in [0.3, 0.4) is 0 Å². The Bertz CT molecular complexity index is 1330. The second-order valence-electron chi connectivity index (χ2n) is 7.98. The first-order valence-corrected chi connectivity index (χ1v) is 15.2. The van der Waals surface area contributed by atoms with Gasteiger partial charge in [0.05, 0.1) is 12.2 Å². The highest BCUT2D eigenvalue weighted by atomic mass is 31.3. The van der Waals surface area contributed by atoms with Crippen molar-refractivity contribution in [1.29, 1.82) is 0 Å². The molecule has 0 radical (unpaired) electrons. The van der Waals surface area contributed by atoms with Gasteiger partial charge >= 0.3 is 29.2 Å². The average molecular weight is 604 g/mol. The van der Waals surface area contributed by atoms with Crippen molar-refractivity contribution < 1.29 is 61.4 Å². The number of unbranched alkanes of at least 4 members (excludes halogenated alkanes) is 3. The minimum absolute atomic E-state index is 0.0588. The smallest absolute Gasteiger partial charge is 0.387 e. The number of aliphatic hydroxyl groups is 2. The normalized spacial score (nSPS) is 25.5. The van der Waals surface area contributed by atoms with Gasteiger partial charge in [0.2, 0.25) is 0 Å². The Hall–Kier alpha value is -1.73. The number of aromatic amines is 1. The minimum atomic E-state index is -5.77. The standard InChI is InChI=1S/C18H27N2O15P3/c1-3-4-5-6-7-8-11(2)12-9-20(18(24)19-16(12)23)17-15(22)14(21)13(33-17)10-32-37(28,29)35-38(30,31)34-36(25,26)27/h1,8-9,13-15,17,21-22H,4-7,10H2,2H3,(H,28,29)(H,30,31)(H,19,23,24)(H2,25,26,27)/b11-8+/t13-,14?,15?,17-/m1/s1. The molecule has 1 saturated heterocycles. The summed E-state index contributed by atoms with van der Waals surface area (Å²) in [7, 11) is -16.9. The Morgan fingerprint density at radius 1 is 1.13 bits per heavy atom. The Labute approximate surface area is 215 Å². The molecule has 4 unspecified atom stereocenters. The van der Waals surface area contributed by atoms with Crippen LogP contribution in [0.5, 0.6) is 0 Å². The first-order chi connectivity index (χ1) is 17.5. The van der Waals surface area contributed by atoms with Crippen LogP contribution in [0.4, 0.5) is 0 Å². The molecule has 1 aromatic rings. The first-order valence-electron chi connectivity index (χ1n) is 10.7. The molecule has 7 N–H and O–H groups in total. The van der Waals surface area contributed by atoms with Gasteiger partial charge in [-0.3, -0.25) is 18.9 Å². The van der Waals surface area contributed by atoms with Gasteiger partial charge in [-0.2, -0.15) is 8.62 Å². The number of rotatable bonds is 13. The summed E-state index contributed by atoms with van der Waals surface area (Å²) in [5.41, 5.74) is -1.17. The van der Waals surface area contributed by atoms with Gasteiger partial charge in [-0.15, -0.1) is 12.3 Å². The summed E-state index contributed by atoms with van der Waals surface area (Å²) >= 11 is 0. The molecule has 0 bridgehead atoms. The molecule has 214 valence electrons. The highest BCUT2D eigenvalue weighted by Crippen LogP contribution is 2.66. The SMILES string of the molecule is C#CCCCC/C=C(\C)c1cn([C@@H]2O[C@H](COP(=O)(O)OP(=O)(O)OP(=O)(O)O)C(O)C2O)c(=O)[nH]c1=O. The molecule has 0 aromatic carbocycles. The lowest BCUT2D eigenvalue weighted by atomic mass is 10.1. The lowest BCUT2D eigenvalue weighted by molar-refractivity contribution is -0.0542. The number of hydrogen-bond acceptors (Lipinski definition) is 11. The van der Waals surface area contributed by atoms with Gasteiger partial charge in [0.15, 0.2) is 6.23 Å². The van der Waals surface area contributed by atoms with Gasteiger partial charge in [0.1, 0.15) is 18.3 Å². The summed E-state index contributed by atoms with van der Waals surface area (Å²) < 4.78 is 51.7. The van der Waals surface area contributed by atoms with Crippen LogP contribution < -0.4 is 11.2 Å². The van der Waals surface area contributed by atoms with Crippen LogP contribution in [0.1, 0.15) is 44.4 Å². The van der Waals surface area contributed by atoms with Crippen molar-refractivity contribution in [3.8, 4) is 12.3 Å². The van der Waals surface area contributed by atoms with E-state index in [0.29, 0.717) is 18.4 Å². The molecule has 17 nitrogen and oxygen atoms in total. The van der Waals surface area contributed by atoms with Crippen molar-refractivity contribution in [2.45, 2.75) is 57.1 Å². The Balaban J connectivity index is 2.16. The van der Waals surface area contributed by atoms with Gasteiger partial charge in [0, 0.05) is 12.6 Å². The fourth-order valence-corrected chi connectivity index (χ4v) is 6.35. The van der Waals surface area contributed by atoms with Crippen LogP contribution in [-0.2, 0) is 31.6 Å². The van der Waals surface area contributed by atoms with Crippen molar-refractivity contribution in [3.63, 3.8) is 0 Å². The summed E-state index contributed by atoms with van der Waals surface area (Å²) in [4.78, 5) is 62.6. The van der Waals surface area contributed by atoms with E-state index in [1.165, 1.54) is 0 Å². The van der Waals surface area contributed by atoms with Gasteiger partial charge in [-0.05, 0) is 31.8 Å². The summed E-state index contributed by atoms with van der Waals surface area (Å²) in [5.74, 6) is 2.51. The van der Waals surface area contributed by atoms with Gasteiger partial charge in [-0.1, -0.05) is 6.08 Å². The fraction of sp³-hybridized carbons (Fsp3) is 0.556. The molecule has 1 aliphatic heterocycles. The monoisotopic (exact) mass is 604 g/mol. The number of phosphoric ester groups is 1. The molecule has 38 heavy (non-hydrogen) atoms. The van der Waals surface area contributed by atoms with E-state index in [0.717, 1.165) is 23.6 Å². The number of aliphatic hydroxyl groups excluding tert-OH is 2. The Morgan fingerprint density at radius 3 is 2.39 bits per heavy atom. The number of nitrogens with one attached hydrogen (secondary N) is 1. The lowest BCUT2D eigenvalue weighted by Crippen LogP contribution is -2.38. The summed E-state index contributed by atoms with van der Waals surface area (Å²) in [6, 6.07) is 0. The third-order valence-electron chi connectivity index (χ3n) is 5.05. The van der Waals surface area contributed by atoms with Crippen molar-refractivity contribution in [3.05, 3.63) is 38.7 Å². The van der Waals surface area contributed by atoms with Gasteiger partial charge in [0.25, 0.3) is 5.56 Å². The molecular weight excluding hydrogens is 577 g/mol. The van der Waals surface area contributed by atoms with Crippen LogP contribution in [0, 0.1) is 12.3 Å². The van der Waals surface area contributed by atoms with Crippen LogP contribution in [0.2, 0.25) is 0 Å². The van der Waals surface area contributed by atoms with Crippen LogP contribution in [0.25, 0.3) is 5.57 Å². The minimum Gasteiger partial charge on any atom is -0.387 e.